The summed E-state index contributed by atoms with van der Waals surface area (Å²) in [6.45, 7) is 3.79. The molecule has 2 N–H and O–H groups in total. The molecule has 2 aromatic rings. The van der Waals surface area contributed by atoms with E-state index < -0.39 is 5.91 Å². The van der Waals surface area contributed by atoms with E-state index in [0.717, 1.165) is 5.56 Å². The maximum Gasteiger partial charge on any atom is 0.266 e. The molecule has 0 saturated heterocycles. The summed E-state index contributed by atoms with van der Waals surface area (Å²) in [6, 6.07) is 6.66. The SMILES string of the molecule is C=Cc1cccc(C(=O)NCl)c1COc1ccn(O)n1. The Kier molecular flexibility index (Phi) is 4.27. The lowest BCUT2D eigenvalue weighted by molar-refractivity contribution is 0.0978. The smallest absolute Gasteiger partial charge is 0.266 e. The molecule has 0 saturated carbocycles. The van der Waals surface area contributed by atoms with Crippen molar-refractivity contribution in [1.29, 1.82) is 0 Å². The van der Waals surface area contributed by atoms with Crippen LogP contribution in [0.25, 0.3) is 6.08 Å². The first-order valence-electron chi connectivity index (χ1n) is 5.68. The van der Waals surface area contributed by atoms with Crippen molar-refractivity contribution in [2.75, 3.05) is 0 Å². The standard InChI is InChI=1S/C13H12ClN3O3/c1-2-9-4-3-5-10(13(18)15-14)11(9)8-20-12-6-7-17(19)16-12/h2-7,19H,1,8H2,(H,15,18). The number of nitrogens with zero attached hydrogens (tertiary/aromatic N) is 2. The van der Waals surface area contributed by atoms with Crippen molar-refractivity contribution >= 4 is 23.8 Å². The van der Waals surface area contributed by atoms with Crippen molar-refractivity contribution in [3.05, 3.63) is 53.7 Å². The number of benzene rings is 1. The Bertz CT molecular complexity index is 640. The van der Waals surface area contributed by atoms with E-state index in [0.29, 0.717) is 16.0 Å². The predicted molar refractivity (Wildman–Crippen MR) is 73.6 cm³/mol. The maximum atomic E-state index is 11.7. The molecule has 0 spiro atoms. The highest BCUT2D eigenvalue weighted by atomic mass is 35.5. The molecule has 0 bridgehead atoms. The van der Waals surface area contributed by atoms with Gasteiger partial charge in [-0.3, -0.25) is 9.63 Å². The number of ether oxygens (including phenoxy) is 1. The predicted octanol–water partition coefficient (Wildman–Crippen LogP) is 2.23. The lowest BCUT2D eigenvalue weighted by Crippen LogP contribution is -2.16. The summed E-state index contributed by atoms with van der Waals surface area (Å²) in [7, 11) is 0. The largest absolute Gasteiger partial charge is 0.472 e. The summed E-state index contributed by atoms with van der Waals surface area (Å²) in [6.07, 6.45) is 2.95. The zero-order valence-corrected chi connectivity index (χ0v) is 11.2. The van der Waals surface area contributed by atoms with Crippen molar-refractivity contribution in [1.82, 2.24) is 14.8 Å². The average Bonchev–Trinajstić information content (AvgIpc) is 2.89. The number of halogens is 1. The molecule has 0 aliphatic rings. The Morgan fingerprint density at radius 3 is 2.95 bits per heavy atom. The molecule has 7 heteroatoms. The third-order valence-corrected chi connectivity index (χ3v) is 2.85. The summed E-state index contributed by atoms with van der Waals surface area (Å²) in [5.74, 6) is -0.190. The van der Waals surface area contributed by atoms with Crippen molar-refractivity contribution in [2.24, 2.45) is 0 Å². The fourth-order valence-electron chi connectivity index (χ4n) is 1.74. The Morgan fingerprint density at radius 1 is 1.55 bits per heavy atom. The lowest BCUT2D eigenvalue weighted by Gasteiger charge is -2.11. The van der Waals surface area contributed by atoms with Gasteiger partial charge in [0.25, 0.3) is 5.91 Å². The highest BCUT2D eigenvalue weighted by Gasteiger charge is 2.14. The van der Waals surface area contributed by atoms with Crippen LogP contribution in [0.1, 0.15) is 21.5 Å². The number of amides is 1. The summed E-state index contributed by atoms with van der Waals surface area (Å²) < 4.78 is 5.43. The van der Waals surface area contributed by atoms with Crippen LogP contribution in [0.15, 0.2) is 37.0 Å². The molecule has 1 heterocycles. The van der Waals surface area contributed by atoms with E-state index in [2.05, 4.69) is 16.5 Å². The lowest BCUT2D eigenvalue weighted by atomic mass is 10.0. The monoisotopic (exact) mass is 293 g/mol. The summed E-state index contributed by atoms with van der Waals surface area (Å²) in [5, 5.41) is 12.7. The zero-order chi connectivity index (χ0) is 14.5. The minimum Gasteiger partial charge on any atom is -0.472 e. The van der Waals surface area contributed by atoms with Crippen LogP contribution in [0.5, 0.6) is 5.88 Å². The van der Waals surface area contributed by atoms with Crippen LogP contribution in [0, 0.1) is 0 Å². The van der Waals surface area contributed by atoms with Gasteiger partial charge in [-0.25, -0.2) is 0 Å². The molecular formula is C13H12ClN3O3. The van der Waals surface area contributed by atoms with Crippen LogP contribution in [0.2, 0.25) is 0 Å². The van der Waals surface area contributed by atoms with Crippen LogP contribution >= 0.6 is 11.8 Å². The molecule has 104 valence electrons. The number of nitrogens with one attached hydrogen (secondary N) is 1. The molecule has 2 rings (SSSR count). The van der Waals surface area contributed by atoms with Crippen LogP contribution < -0.4 is 9.57 Å². The molecule has 1 amide bonds. The summed E-state index contributed by atoms with van der Waals surface area (Å²) >= 11 is 5.36. The normalized spacial score (nSPS) is 10.1. The number of carbonyl (C=O) groups is 1. The van der Waals surface area contributed by atoms with E-state index in [-0.39, 0.29) is 12.5 Å². The Hall–Kier alpha value is -2.47. The van der Waals surface area contributed by atoms with Gasteiger partial charge in [-0.1, -0.05) is 29.9 Å². The molecule has 0 aliphatic heterocycles. The van der Waals surface area contributed by atoms with Crippen LogP contribution in [0.3, 0.4) is 0 Å². The van der Waals surface area contributed by atoms with Gasteiger partial charge in [0.2, 0.25) is 5.88 Å². The van der Waals surface area contributed by atoms with E-state index in [1.807, 2.05) is 0 Å². The minimum absolute atomic E-state index is 0.0961. The molecule has 1 aromatic heterocycles. The second-order valence-electron chi connectivity index (χ2n) is 3.86. The summed E-state index contributed by atoms with van der Waals surface area (Å²) in [4.78, 5) is 14.4. The molecule has 0 unspecified atom stereocenters. The molecule has 0 radical (unpaired) electrons. The quantitative estimate of drug-likeness (QED) is 0.655. The van der Waals surface area contributed by atoms with Crippen LogP contribution in [-0.2, 0) is 6.61 Å². The fraction of sp³-hybridized carbons (Fsp3) is 0.0769. The first-order chi connectivity index (χ1) is 9.65. The van der Waals surface area contributed by atoms with Gasteiger partial charge in [0.15, 0.2) is 0 Å². The maximum absolute atomic E-state index is 11.7. The number of hydrogen-bond donors (Lipinski definition) is 2. The third-order valence-electron chi connectivity index (χ3n) is 2.68. The van der Waals surface area contributed by atoms with E-state index >= 15 is 0 Å². The summed E-state index contributed by atoms with van der Waals surface area (Å²) in [5.41, 5.74) is 1.78. The van der Waals surface area contributed by atoms with Gasteiger partial charge in [0, 0.05) is 29.0 Å². The van der Waals surface area contributed by atoms with Gasteiger partial charge >= 0.3 is 0 Å². The molecule has 0 aliphatic carbocycles. The fourth-order valence-corrected chi connectivity index (χ4v) is 1.84. The Morgan fingerprint density at radius 2 is 2.35 bits per heavy atom. The van der Waals surface area contributed by atoms with Gasteiger partial charge in [0.05, 0.1) is 6.20 Å². The first-order valence-corrected chi connectivity index (χ1v) is 6.06. The number of rotatable bonds is 5. The highest BCUT2D eigenvalue weighted by Crippen LogP contribution is 2.19. The Balaban J connectivity index is 2.28. The van der Waals surface area contributed by atoms with E-state index in [1.165, 1.54) is 12.3 Å². The van der Waals surface area contributed by atoms with Crippen molar-refractivity contribution in [3.63, 3.8) is 0 Å². The van der Waals surface area contributed by atoms with Crippen LogP contribution in [-0.4, -0.2) is 21.1 Å². The number of carbonyl (C=O) groups excluding carboxylic acids is 1. The van der Waals surface area contributed by atoms with Gasteiger partial charge in [0.1, 0.15) is 6.61 Å². The second kappa shape index (κ2) is 6.12. The molecule has 0 atom stereocenters. The zero-order valence-electron chi connectivity index (χ0n) is 10.4. The van der Waals surface area contributed by atoms with Crippen molar-refractivity contribution in [2.45, 2.75) is 6.61 Å². The number of aromatic nitrogens is 2. The van der Waals surface area contributed by atoms with E-state index in [4.69, 9.17) is 21.7 Å². The molecule has 0 fully saturated rings. The molecule has 1 aromatic carbocycles. The molecule has 6 nitrogen and oxygen atoms in total. The van der Waals surface area contributed by atoms with Crippen LogP contribution in [0.4, 0.5) is 0 Å². The minimum atomic E-state index is -0.429. The number of hydrogen-bond acceptors (Lipinski definition) is 4. The first kappa shape index (κ1) is 14.0. The van der Waals surface area contributed by atoms with Gasteiger partial charge < -0.3 is 9.94 Å². The van der Waals surface area contributed by atoms with E-state index in [1.54, 1.807) is 24.3 Å². The molecular weight excluding hydrogens is 282 g/mol. The topological polar surface area (TPSA) is 76.4 Å². The van der Waals surface area contributed by atoms with Gasteiger partial charge in [-0.2, -0.15) is 0 Å². The highest BCUT2D eigenvalue weighted by molar-refractivity contribution is 6.24. The van der Waals surface area contributed by atoms with Gasteiger partial charge in [-0.05, 0) is 11.6 Å². The van der Waals surface area contributed by atoms with Crippen molar-refractivity contribution < 1.29 is 14.7 Å². The Labute approximate surface area is 120 Å². The average molecular weight is 294 g/mol. The van der Waals surface area contributed by atoms with Gasteiger partial charge in [-0.15, -0.1) is 4.85 Å². The van der Waals surface area contributed by atoms with Crippen molar-refractivity contribution in [3.8, 4) is 5.88 Å². The molecule has 20 heavy (non-hydrogen) atoms. The third kappa shape index (κ3) is 2.92. The second-order valence-corrected chi connectivity index (χ2v) is 4.05. The van der Waals surface area contributed by atoms with E-state index in [9.17, 15) is 4.79 Å².